The normalized spacial score (nSPS) is 32.4. The highest BCUT2D eigenvalue weighted by atomic mass is 16.2. The first-order valence-corrected chi connectivity index (χ1v) is 6.63. The zero-order valence-electron chi connectivity index (χ0n) is 10.7. The van der Waals surface area contributed by atoms with Crippen LogP contribution in [0.1, 0.15) is 25.7 Å². The van der Waals surface area contributed by atoms with Gasteiger partial charge < -0.3 is 4.90 Å². The average molecular weight is 240 g/mol. The van der Waals surface area contributed by atoms with Gasteiger partial charge in [0.15, 0.2) is 0 Å². The molecule has 1 saturated carbocycles. The van der Waals surface area contributed by atoms with Crippen LogP contribution in [-0.4, -0.2) is 55.0 Å². The minimum atomic E-state index is 0.0156. The van der Waals surface area contributed by atoms with Gasteiger partial charge in [0.25, 0.3) is 0 Å². The molecular weight excluding hydrogens is 216 g/mol. The van der Waals surface area contributed by atoms with Crippen LogP contribution in [0.25, 0.3) is 0 Å². The summed E-state index contributed by atoms with van der Waals surface area (Å²) in [4.78, 5) is 16.4. The molecule has 1 heterocycles. The second-order valence-corrected chi connectivity index (χ2v) is 5.35. The van der Waals surface area contributed by atoms with E-state index in [4.69, 9.17) is 5.84 Å². The third-order valence-electron chi connectivity index (χ3n) is 4.26. The van der Waals surface area contributed by atoms with Crippen molar-refractivity contribution >= 4 is 5.91 Å². The van der Waals surface area contributed by atoms with Gasteiger partial charge in [-0.25, -0.2) is 5.84 Å². The second-order valence-electron chi connectivity index (χ2n) is 5.35. The van der Waals surface area contributed by atoms with Crippen molar-refractivity contribution < 1.29 is 4.79 Å². The lowest BCUT2D eigenvalue weighted by Gasteiger charge is -2.40. The van der Waals surface area contributed by atoms with E-state index in [0.717, 1.165) is 25.7 Å². The monoisotopic (exact) mass is 240 g/mol. The number of hydrazine groups is 1. The van der Waals surface area contributed by atoms with Crippen LogP contribution in [0.5, 0.6) is 0 Å². The number of nitrogens with zero attached hydrogens (tertiary/aromatic N) is 2. The zero-order valence-corrected chi connectivity index (χ0v) is 10.7. The van der Waals surface area contributed by atoms with Gasteiger partial charge in [0.2, 0.25) is 5.91 Å². The highest BCUT2D eigenvalue weighted by Crippen LogP contribution is 2.28. The Balaban J connectivity index is 1.77. The molecule has 3 N–H and O–H groups in total. The molecule has 0 atom stereocenters. The Morgan fingerprint density at radius 3 is 2.24 bits per heavy atom. The molecule has 1 amide bonds. The fraction of sp³-hybridized carbons (Fsp3) is 0.917. The number of piperazine rings is 1. The van der Waals surface area contributed by atoms with Gasteiger partial charge in [0.05, 0.1) is 0 Å². The summed E-state index contributed by atoms with van der Waals surface area (Å²) in [6.07, 6.45) is 4.25. The Bertz CT molecular complexity index is 255. The van der Waals surface area contributed by atoms with E-state index in [9.17, 15) is 4.79 Å². The largest absolute Gasteiger partial charge is 0.304 e. The van der Waals surface area contributed by atoms with Crippen LogP contribution >= 0.6 is 0 Å². The Labute approximate surface area is 103 Å². The average Bonchev–Trinajstić information content (AvgIpc) is 2.39. The van der Waals surface area contributed by atoms with E-state index < -0.39 is 0 Å². The van der Waals surface area contributed by atoms with E-state index in [0.29, 0.717) is 6.04 Å². The van der Waals surface area contributed by atoms with Gasteiger partial charge in [-0.05, 0) is 32.7 Å². The molecule has 0 aromatic rings. The molecular formula is C12H24N4O. The van der Waals surface area contributed by atoms with E-state index in [2.05, 4.69) is 22.3 Å². The maximum absolute atomic E-state index is 11.4. The van der Waals surface area contributed by atoms with Crippen LogP contribution in [0, 0.1) is 5.92 Å². The lowest BCUT2D eigenvalue weighted by Crippen LogP contribution is -2.50. The topological polar surface area (TPSA) is 61.6 Å². The van der Waals surface area contributed by atoms with Crippen LogP contribution < -0.4 is 11.3 Å². The molecule has 98 valence electrons. The molecule has 0 radical (unpaired) electrons. The Morgan fingerprint density at radius 2 is 1.71 bits per heavy atom. The third-order valence-corrected chi connectivity index (χ3v) is 4.26. The van der Waals surface area contributed by atoms with E-state index in [1.165, 1.54) is 26.2 Å². The van der Waals surface area contributed by atoms with E-state index in [1.807, 2.05) is 0 Å². The van der Waals surface area contributed by atoms with Crippen LogP contribution in [0.3, 0.4) is 0 Å². The summed E-state index contributed by atoms with van der Waals surface area (Å²) >= 11 is 0. The summed E-state index contributed by atoms with van der Waals surface area (Å²) in [5.41, 5.74) is 2.28. The molecule has 0 aromatic heterocycles. The highest BCUT2D eigenvalue weighted by molar-refractivity contribution is 5.78. The molecule has 2 fully saturated rings. The van der Waals surface area contributed by atoms with Gasteiger partial charge in [-0.1, -0.05) is 0 Å². The van der Waals surface area contributed by atoms with Crippen molar-refractivity contribution in [1.82, 2.24) is 15.2 Å². The van der Waals surface area contributed by atoms with Crippen LogP contribution in [0.2, 0.25) is 0 Å². The Kier molecular flexibility index (Phi) is 4.36. The van der Waals surface area contributed by atoms with E-state index in [-0.39, 0.29) is 11.8 Å². The van der Waals surface area contributed by atoms with E-state index >= 15 is 0 Å². The maximum atomic E-state index is 11.4. The van der Waals surface area contributed by atoms with Gasteiger partial charge in [-0.2, -0.15) is 0 Å². The lowest BCUT2D eigenvalue weighted by molar-refractivity contribution is -0.126. The number of rotatable bonds is 2. The first-order valence-electron chi connectivity index (χ1n) is 6.63. The van der Waals surface area contributed by atoms with Crippen molar-refractivity contribution in [1.29, 1.82) is 0 Å². The number of amides is 1. The number of carbonyl (C=O) groups is 1. The smallest absolute Gasteiger partial charge is 0.236 e. The van der Waals surface area contributed by atoms with Crippen LogP contribution in [0.15, 0.2) is 0 Å². The predicted molar refractivity (Wildman–Crippen MR) is 67.1 cm³/mol. The summed E-state index contributed by atoms with van der Waals surface area (Å²) < 4.78 is 0. The van der Waals surface area contributed by atoms with Crippen molar-refractivity contribution in [2.75, 3.05) is 33.2 Å². The number of hydrogen-bond acceptors (Lipinski definition) is 4. The van der Waals surface area contributed by atoms with Crippen molar-refractivity contribution in [2.45, 2.75) is 31.7 Å². The summed E-state index contributed by atoms with van der Waals surface area (Å²) in [5.74, 6) is 5.34. The minimum absolute atomic E-state index is 0.0156. The van der Waals surface area contributed by atoms with Gasteiger partial charge in [0, 0.05) is 38.1 Å². The number of nitrogens with two attached hydrogens (primary N) is 1. The molecule has 0 spiro atoms. The zero-order chi connectivity index (χ0) is 12.3. The van der Waals surface area contributed by atoms with E-state index in [1.54, 1.807) is 0 Å². The van der Waals surface area contributed by atoms with Crippen molar-refractivity contribution in [2.24, 2.45) is 11.8 Å². The molecule has 0 aromatic carbocycles. The molecule has 5 heteroatoms. The molecule has 1 aliphatic heterocycles. The van der Waals surface area contributed by atoms with Crippen LogP contribution in [0.4, 0.5) is 0 Å². The second kappa shape index (κ2) is 5.80. The molecule has 2 rings (SSSR count). The fourth-order valence-corrected chi connectivity index (χ4v) is 3.01. The molecule has 17 heavy (non-hydrogen) atoms. The van der Waals surface area contributed by atoms with Gasteiger partial charge >= 0.3 is 0 Å². The number of likely N-dealkylation sites (N-methyl/N-ethyl adjacent to an activating group) is 1. The standard InChI is InChI=1S/C12H24N4O/c1-15-6-8-16(9-7-15)11-4-2-10(3-5-11)12(17)14-13/h10-11H,2-9,13H2,1H3,(H,14,17). The van der Waals surface area contributed by atoms with Gasteiger partial charge in [-0.15, -0.1) is 0 Å². The van der Waals surface area contributed by atoms with Crippen molar-refractivity contribution in [3.8, 4) is 0 Å². The van der Waals surface area contributed by atoms with Gasteiger partial charge in [0.1, 0.15) is 0 Å². The summed E-state index contributed by atoms with van der Waals surface area (Å²) in [5, 5.41) is 0. The summed E-state index contributed by atoms with van der Waals surface area (Å²) in [6.45, 7) is 4.69. The predicted octanol–water partition coefficient (Wildman–Crippen LogP) is -0.217. The van der Waals surface area contributed by atoms with Crippen molar-refractivity contribution in [3.63, 3.8) is 0 Å². The quantitative estimate of drug-likeness (QED) is 0.398. The Hall–Kier alpha value is -0.650. The summed E-state index contributed by atoms with van der Waals surface area (Å²) in [6, 6.07) is 0.686. The minimum Gasteiger partial charge on any atom is -0.304 e. The molecule has 5 nitrogen and oxygen atoms in total. The summed E-state index contributed by atoms with van der Waals surface area (Å²) in [7, 11) is 2.18. The number of nitrogens with one attached hydrogen (secondary N) is 1. The number of carbonyl (C=O) groups excluding carboxylic acids is 1. The number of hydrogen-bond donors (Lipinski definition) is 2. The van der Waals surface area contributed by atoms with Gasteiger partial charge in [-0.3, -0.25) is 15.1 Å². The third kappa shape index (κ3) is 3.18. The molecule has 1 saturated heterocycles. The first-order chi connectivity index (χ1) is 8.20. The highest BCUT2D eigenvalue weighted by Gasteiger charge is 2.30. The molecule has 1 aliphatic carbocycles. The molecule has 2 aliphatic rings. The fourth-order valence-electron chi connectivity index (χ4n) is 3.01. The maximum Gasteiger partial charge on any atom is 0.236 e. The molecule has 0 unspecified atom stereocenters. The SMILES string of the molecule is CN1CCN(C2CCC(C(=O)NN)CC2)CC1. The van der Waals surface area contributed by atoms with Crippen LogP contribution in [-0.2, 0) is 4.79 Å². The molecule has 0 bridgehead atoms. The lowest BCUT2D eigenvalue weighted by atomic mass is 9.84. The first kappa shape index (κ1) is 12.8. The Morgan fingerprint density at radius 1 is 1.12 bits per heavy atom. The van der Waals surface area contributed by atoms with Crippen molar-refractivity contribution in [3.05, 3.63) is 0 Å².